The van der Waals surface area contributed by atoms with Crippen molar-refractivity contribution < 1.29 is 20.2 Å². The number of hydrogen-bond donors (Lipinski definition) is 2. The van der Waals surface area contributed by atoms with Gasteiger partial charge in [-0.15, -0.1) is 0 Å². The molecule has 0 unspecified atom stereocenters. The summed E-state index contributed by atoms with van der Waals surface area (Å²) in [5.41, 5.74) is 0.724. The molecular weight excluding hydrogens is 198 g/mol. The van der Waals surface area contributed by atoms with E-state index in [1.807, 2.05) is 0 Å². The highest BCUT2D eigenvalue weighted by molar-refractivity contribution is 5.99. The first-order valence-corrected chi connectivity index (χ1v) is 3.90. The highest BCUT2D eigenvalue weighted by atomic mass is 16.4. The Bertz CT molecular complexity index is 370. The van der Waals surface area contributed by atoms with Crippen LogP contribution in [-0.4, -0.2) is 22.5 Å². The third-order valence-corrected chi connectivity index (χ3v) is 1.58. The summed E-state index contributed by atoms with van der Waals surface area (Å²) in [6.07, 6.45) is 1.14. The average Bonchev–Trinajstić information content (AvgIpc) is 2.18. The third-order valence-electron chi connectivity index (χ3n) is 1.58. The van der Waals surface area contributed by atoms with Crippen LogP contribution < -0.4 is 5.32 Å². The van der Waals surface area contributed by atoms with Gasteiger partial charge in [-0.25, -0.2) is 4.79 Å². The van der Waals surface area contributed by atoms with Crippen molar-refractivity contribution in [3.05, 3.63) is 42.5 Å². The maximum Gasteiger partial charge on any atom is 0.335 e. The molecule has 80 valence electrons. The van der Waals surface area contributed by atoms with Crippen LogP contribution in [0, 0.1) is 0 Å². The van der Waals surface area contributed by atoms with Gasteiger partial charge in [0.25, 0.3) is 0 Å². The van der Waals surface area contributed by atoms with Crippen molar-refractivity contribution in [3.8, 4) is 0 Å². The van der Waals surface area contributed by atoms with Crippen LogP contribution in [-0.2, 0) is 4.79 Å². The van der Waals surface area contributed by atoms with Crippen LogP contribution in [0.3, 0.4) is 0 Å². The smallest absolute Gasteiger partial charge is 0.335 e. The van der Waals surface area contributed by atoms with Crippen molar-refractivity contribution in [1.29, 1.82) is 0 Å². The standard InChI is InChI=1S/C10H9NO3.H2O/c1-2-9(12)11-8-5-3-7(4-6-8)10(13)14;/h2-6H,1H2,(H,11,12)(H,13,14);1H2. The van der Waals surface area contributed by atoms with E-state index < -0.39 is 5.97 Å². The molecule has 0 aliphatic carbocycles. The molecule has 0 saturated carbocycles. The molecule has 0 radical (unpaired) electrons. The second kappa shape index (κ2) is 5.56. The highest BCUT2D eigenvalue weighted by Gasteiger charge is 2.02. The molecule has 5 heteroatoms. The molecule has 5 nitrogen and oxygen atoms in total. The Kier molecular flexibility index (Phi) is 4.77. The summed E-state index contributed by atoms with van der Waals surface area (Å²) in [7, 11) is 0. The lowest BCUT2D eigenvalue weighted by Gasteiger charge is -2.01. The van der Waals surface area contributed by atoms with E-state index in [1.165, 1.54) is 24.3 Å². The summed E-state index contributed by atoms with van der Waals surface area (Å²) < 4.78 is 0. The predicted molar refractivity (Wildman–Crippen MR) is 55.8 cm³/mol. The maximum atomic E-state index is 10.9. The van der Waals surface area contributed by atoms with E-state index in [0.29, 0.717) is 5.69 Å². The molecule has 0 spiro atoms. The number of carboxylic acids is 1. The Morgan fingerprint density at radius 2 is 1.80 bits per heavy atom. The fraction of sp³-hybridized carbons (Fsp3) is 0. The van der Waals surface area contributed by atoms with Crippen LogP contribution in [0.1, 0.15) is 10.4 Å². The lowest BCUT2D eigenvalue weighted by Crippen LogP contribution is -2.07. The largest absolute Gasteiger partial charge is 0.478 e. The minimum absolute atomic E-state index is 0. The molecule has 1 aromatic rings. The predicted octanol–water partition coefficient (Wildman–Crippen LogP) is 0.685. The van der Waals surface area contributed by atoms with Gasteiger partial charge in [-0.3, -0.25) is 4.79 Å². The van der Waals surface area contributed by atoms with Gasteiger partial charge in [0.2, 0.25) is 5.91 Å². The van der Waals surface area contributed by atoms with Gasteiger partial charge in [-0.05, 0) is 30.3 Å². The quantitative estimate of drug-likeness (QED) is 0.716. The van der Waals surface area contributed by atoms with Crippen LogP contribution in [0.15, 0.2) is 36.9 Å². The fourth-order valence-electron chi connectivity index (χ4n) is 0.889. The monoisotopic (exact) mass is 209 g/mol. The third kappa shape index (κ3) is 3.61. The van der Waals surface area contributed by atoms with E-state index in [9.17, 15) is 9.59 Å². The SMILES string of the molecule is C=CC(=O)Nc1ccc(C(=O)O)cc1.O. The number of anilines is 1. The first-order valence-electron chi connectivity index (χ1n) is 3.90. The Morgan fingerprint density at radius 1 is 1.27 bits per heavy atom. The summed E-state index contributed by atoms with van der Waals surface area (Å²) in [5, 5.41) is 11.1. The zero-order chi connectivity index (χ0) is 10.6. The highest BCUT2D eigenvalue weighted by Crippen LogP contribution is 2.09. The molecule has 1 rings (SSSR count). The number of nitrogens with one attached hydrogen (secondary N) is 1. The summed E-state index contributed by atoms with van der Waals surface area (Å²) in [4.78, 5) is 21.3. The van der Waals surface area contributed by atoms with E-state index in [1.54, 1.807) is 0 Å². The number of carbonyl (C=O) groups excluding carboxylic acids is 1. The van der Waals surface area contributed by atoms with Crippen molar-refractivity contribution in [1.82, 2.24) is 0 Å². The normalized spacial score (nSPS) is 8.53. The zero-order valence-corrected chi connectivity index (χ0v) is 7.86. The molecule has 0 aliphatic heterocycles. The van der Waals surface area contributed by atoms with E-state index in [2.05, 4.69) is 11.9 Å². The van der Waals surface area contributed by atoms with Crippen LogP contribution in [0.5, 0.6) is 0 Å². The van der Waals surface area contributed by atoms with Gasteiger partial charge < -0.3 is 15.9 Å². The lowest BCUT2D eigenvalue weighted by atomic mass is 10.2. The molecule has 0 aromatic heterocycles. The Hall–Kier alpha value is -2.14. The van der Waals surface area contributed by atoms with Gasteiger partial charge in [-0.2, -0.15) is 0 Å². The van der Waals surface area contributed by atoms with Crippen molar-refractivity contribution in [2.45, 2.75) is 0 Å². The fourth-order valence-corrected chi connectivity index (χ4v) is 0.889. The summed E-state index contributed by atoms with van der Waals surface area (Å²) >= 11 is 0. The van der Waals surface area contributed by atoms with Crippen LogP contribution in [0.2, 0.25) is 0 Å². The molecule has 0 aliphatic rings. The van der Waals surface area contributed by atoms with Gasteiger partial charge in [0.1, 0.15) is 0 Å². The molecule has 0 fully saturated rings. The summed E-state index contributed by atoms with van der Waals surface area (Å²) in [5.74, 6) is -1.32. The molecule has 4 N–H and O–H groups in total. The summed E-state index contributed by atoms with van der Waals surface area (Å²) in [6, 6.07) is 5.87. The van der Waals surface area contributed by atoms with Crippen LogP contribution in [0.25, 0.3) is 0 Å². The lowest BCUT2D eigenvalue weighted by molar-refractivity contribution is -0.111. The van der Waals surface area contributed by atoms with Crippen LogP contribution >= 0.6 is 0 Å². The van der Waals surface area contributed by atoms with E-state index in [0.717, 1.165) is 6.08 Å². The van der Waals surface area contributed by atoms with Gasteiger partial charge in [-0.1, -0.05) is 6.58 Å². The van der Waals surface area contributed by atoms with Crippen molar-refractivity contribution >= 4 is 17.6 Å². The van der Waals surface area contributed by atoms with Crippen molar-refractivity contribution in [3.63, 3.8) is 0 Å². The maximum absolute atomic E-state index is 10.9. The second-order valence-corrected chi connectivity index (χ2v) is 2.58. The first kappa shape index (κ1) is 12.9. The summed E-state index contributed by atoms with van der Waals surface area (Å²) in [6.45, 7) is 3.30. The molecule has 0 heterocycles. The number of carboxylic acid groups (broad SMARTS) is 1. The molecular formula is C10H11NO4. The first-order chi connectivity index (χ1) is 6.63. The molecule has 15 heavy (non-hydrogen) atoms. The van der Waals surface area contributed by atoms with Crippen molar-refractivity contribution in [2.24, 2.45) is 0 Å². The van der Waals surface area contributed by atoms with E-state index >= 15 is 0 Å². The number of rotatable bonds is 3. The minimum Gasteiger partial charge on any atom is -0.478 e. The van der Waals surface area contributed by atoms with Gasteiger partial charge in [0.15, 0.2) is 0 Å². The Labute approximate surface area is 86.3 Å². The zero-order valence-electron chi connectivity index (χ0n) is 7.86. The molecule has 1 aromatic carbocycles. The van der Waals surface area contributed by atoms with Crippen molar-refractivity contribution in [2.75, 3.05) is 5.32 Å². The number of carbonyl (C=O) groups is 2. The molecule has 1 amide bonds. The van der Waals surface area contributed by atoms with Crippen LogP contribution in [0.4, 0.5) is 5.69 Å². The topological polar surface area (TPSA) is 97.9 Å². The van der Waals surface area contributed by atoms with Gasteiger partial charge in [0, 0.05) is 5.69 Å². The van der Waals surface area contributed by atoms with E-state index in [4.69, 9.17) is 5.11 Å². The number of aromatic carboxylic acids is 1. The average molecular weight is 209 g/mol. The number of hydrogen-bond acceptors (Lipinski definition) is 2. The number of benzene rings is 1. The van der Waals surface area contributed by atoms with E-state index in [-0.39, 0.29) is 16.9 Å². The number of amides is 1. The molecule has 0 atom stereocenters. The molecule has 0 bridgehead atoms. The minimum atomic E-state index is -0.994. The van der Waals surface area contributed by atoms with Gasteiger partial charge >= 0.3 is 5.97 Å². The molecule has 0 saturated heterocycles. The van der Waals surface area contributed by atoms with Gasteiger partial charge in [0.05, 0.1) is 5.56 Å². The second-order valence-electron chi connectivity index (χ2n) is 2.58. The Balaban J connectivity index is 0.00000196. The Morgan fingerprint density at radius 3 is 2.20 bits per heavy atom.